The molecule has 2 rings (SSSR count). The molecule has 0 amide bonds. The van der Waals surface area contributed by atoms with Crippen molar-refractivity contribution in [2.75, 3.05) is 33.3 Å². The summed E-state index contributed by atoms with van der Waals surface area (Å²) < 4.78 is 5.78. The van der Waals surface area contributed by atoms with Crippen LogP contribution in [0.4, 0.5) is 0 Å². The molecule has 0 saturated carbocycles. The lowest BCUT2D eigenvalue weighted by molar-refractivity contribution is 0.239. The van der Waals surface area contributed by atoms with Crippen molar-refractivity contribution < 1.29 is 4.74 Å². The van der Waals surface area contributed by atoms with Gasteiger partial charge in [0.1, 0.15) is 12.4 Å². The Labute approximate surface area is 131 Å². The minimum atomic E-state index is 0.690. The summed E-state index contributed by atoms with van der Waals surface area (Å²) in [6, 6.07) is 12.5. The van der Waals surface area contributed by atoms with Gasteiger partial charge in [0.05, 0.1) is 0 Å². The van der Waals surface area contributed by atoms with E-state index in [0.717, 1.165) is 38.3 Å². The Hall–Kier alpha value is -1.36. The molecule has 2 N–H and O–H groups in total. The van der Waals surface area contributed by atoms with E-state index < -0.39 is 0 Å². The number of likely N-dealkylation sites (N-methyl/N-ethyl adjacent to an activating group) is 1. The second-order valence-electron chi connectivity index (χ2n) is 5.16. The molecule has 0 spiro atoms. The maximum Gasteiger partial charge on any atom is 0.119 e. The van der Waals surface area contributed by atoms with Crippen molar-refractivity contribution in [3.8, 4) is 5.75 Å². The number of ether oxygens (including phenoxy) is 1. The quantitative estimate of drug-likeness (QED) is 0.774. The average Bonchev–Trinajstić information content (AvgIpc) is 3.01. The zero-order valence-electron chi connectivity index (χ0n) is 12.6. The van der Waals surface area contributed by atoms with Gasteiger partial charge in [0.2, 0.25) is 0 Å². The van der Waals surface area contributed by atoms with E-state index in [-0.39, 0.29) is 0 Å². The summed E-state index contributed by atoms with van der Waals surface area (Å²) in [6.07, 6.45) is 2.04. The zero-order valence-corrected chi connectivity index (χ0v) is 13.4. The molecule has 1 heterocycles. The summed E-state index contributed by atoms with van der Waals surface area (Å²) in [7, 11) is 2.14. The third kappa shape index (κ3) is 5.87. The normalized spacial score (nSPS) is 11.0. The van der Waals surface area contributed by atoms with Gasteiger partial charge in [-0.3, -0.25) is 0 Å². The van der Waals surface area contributed by atoms with Gasteiger partial charge >= 0.3 is 0 Å². The van der Waals surface area contributed by atoms with E-state index in [4.69, 9.17) is 10.5 Å². The summed E-state index contributed by atoms with van der Waals surface area (Å²) in [5.41, 5.74) is 6.80. The van der Waals surface area contributed by atoms with Crippen LogP contribution in [0.15, 0.2) is 41.8 Å². The van der Waals surface area contributed by atoms with Gasteiger partial charge in [-0.05, 0) is 55.6 Å². The van der Waals surface area contributed by atoms with E-state index in [1.165, 1.54) is 10.4 Å². The number of nitrogens with two attached hydrogens (primary N) is 1. The van der Waals surface area contributed by atoms with Gasteiger partial charge in [0.15, 0.2) is 0 Å². The van der Waals surface area contributed by atoms with Crippen LogP contribution in [0.25, 0.3) is 0 Å². The van der Waals surface area contributed by atoms with Gasteiger partial charge in [-0.25, -0.2) is 0 Å². The standard InChI is InChI=1S/C17H24N2OS/c1-19(11-9-17-3-2-14-21-17)12-13-20-16-6-4-15(5-7-16)8-10-18/h2-7,14H,8-13,18H2,1H3. The fourth-order valence-electron chi connectivity index (χ4n) is 2.11. The number of benzene rings is 1. The highest BCUT2D eigenvalue weighted by Gasteiger charge is 2.01. The molecule has 4 heteroatoms. The first-order valence-electron chi connectivity index (χ1n) is 7.40. The van der Waals surface area contributed by atoms with Gasteiger partial charge in [-0.1, -0.05) is 18.2 Å². The summed E-state index contributed by atoms with van der Waals surface area (Å²) in [5, 5.41) is 2.13. The smallest absolute Gasteiger partial charge is 0.119 e. The SMILES string of the molecule is CN(CCOc1ccc(CCN)cc1)CCc1cccs1. The Morgan fingerprint density at radius 3 is 2.57 bits per heavy atom. The molecule has 0 aliphatic rings. The number of thiophene rings is 1. The Bertz CT molecular complexity index is 496. The van der Waals surface area contributed by atoms with Crippen LogP contribution in [0.1, 0.15) is 10.4 Å². The fourth-order valence-corrected chi connectivity index (χ4v) is 2.80. The van der Waals surface area contributed by atoms with Crippen molar-refractivity contribution in [2.24, 2.45) is 5.73 Å². The molecule has 1 aromatic heterocycles. The van der Waals surface area contributed by atoms with E-state index in [0.29, 0.717) is 6.54 Å². The zero-order chi connectivity index (χ0) is 14.9. The molecule has 114 valence electrons. The predicted octanol–water partition coefficient (Wildman–Crippen LogP) is 2.80. The van der Waals surface area contributed by atoms with Crippen LogP contribution in [0.2, 0.25) is 0 Å². The second kappa shape index (κ2) is 8.82. The molecule has 0 aliphatic carbocycles. The molecule has 0 bridgehead atoms. The van der Waals surface area contributed by atoms with Crippen molar-refractivity contribution in [2.45, 2.75) is 12.8 Å². The lowest BCUT2D eigenvalue weighted by atomic mass is 10.1. The monoisotopic (exact) mass is 304 g/mol. The topological polar surface area (TPSA) is 38.5 Å². The second-order valence-corrected chi connectivity index (χ2v) is 6.20. The van der Waals surface area contributed by atoms with Crippen molar-refractivity contribution in [3.05, 3.63) is 52.2 Å². The Morgan fingerprint density at radius 2 is 1.90 bits per heavy atom. The van der Waals surface area contributed by atoms with E-state index in [1.807, 2.05) is 23.5 Å². The largest absolute Gasteiger partial charge is 0.492 e. The van der Waals surface area contributed by atoms with Crippen LogP contribution in [0.3, 0.4) is 0 Å². The van der Waals surface area contributed by atoms with Crippen molar-refractivity contribution in [1.82, 2.24) is 4.90 Å². The number of hydrogen-bond donors (Lipinski definition) is 1. The van der Waals surface area contributed by atoms with Gasteiger partial charge in [-0.15, -0.1) is 11.3 Å². The molecule has 2 aromatic rings. The van der Waals surface area contributed by atoms with Crippen LogP contribution in [0, 0.1) is 0 Å². The highest BCUT2D eigenvalue weighted by atomic mass is 32.1. The summed E-state index contributed by atoms with van der Waals surface area (Å²) >= 11 is 1.82. The number of rotatable bonds is 9. The first kappa shape index (κ1) is 16.0. The van der Waals surface area contributed by atoms with Crippen LogP contribution in [-0.4, -0.2) is 38.2 Å². The third-order valence-corrected chi connectivity index (χ3v) is 4.35. The first-order valence-corrected chi connectivity index (χ1v) is 8.28. The summed E-state index contributed by atoms with van der Waals surface area (Å²) in [6.45, 7) is 3.42. The van der Waals surface area contributed by atoms with Crippen molar-refractivity contribution >= 4 is 11.3 Å². The van der Waals surface area contributed by atoms with E-state index in [1.54, 1.807) is 0 Å². The summed E-state index contributed by atoms with van der Waals surface area (Å²) in [4.78, 5) is 3.75. The molecule has 0 saturated heterocycles. The van der Waals surface area contributed by atoms with Crippen LogP contribution in [-0.2, 0) is 12.8 Å². The van der Waals surface area contributed by atoms with Crippen LogP contribution in [0.5, 0.6) is 5.75 Å². The molecule has 0 radical (unpaired) electrons. The molecule has 1 aromatic carbocycles. The van der Waals surface area contributed by atoms with E-state index in [9.17, 15) is 0 Å². The molecule has 21 heavy (non-hydrogen) atoms. The molecule has 0 atom stereocenters. The van der Waals surface area contributed by atoms with Gasteiger partial charge in [0, 0.05) is 18.0 Å². The molecule has 0 aliphatic heterocycles. The molecule has 3 nitrogen and oxygen atoms in total. The van der Waals surface area contributed by atoms with E-state index in [2.05, 4.69) is 41.6 Å². The number of hydrogen-bond acceptors (Lipinski definition) is 4. The minimum absolute atomic E-state index is 0.690. The van der Waals surface area contributed by atoms with Crippen LogP contribution < -0.4 is 10.5 Å². The Morgan fingerprint density at radius 1 is 1.10 bits per heavy atom. The van der Waals surface area contributed by atoms with Crippen molar-refractivity contribution in [3.63, 3.8) is 0 Å². The number of nitrogens with zero attached hydrogens (tertiary/aromatic N) is 1. The first-order chi connectivity index (χ1) is 10.3. The third-order valence-electron chi connectivity index (χ3n) is 3.42. The predicted molar refractivity (Wildman–Crippen MR) is 90.2 cm³/mol. The highest BCUT2D eigenvalue weighted by molar-refractivity contribution is 7.09. The van der Waals surface area contributed by atoms with Crippen LogP contribution >= 0.6 is 11.3 Å². The molecular weight excluding hydrogens is 280 g/mol. The Balaban J connectivity index is 1.63. The highest BCUT2D eigenvalue weighted by Crippen LogP contribution is 2.12. The molecule has 0 unspecified atom stereocenters. The lowest BCUT2D eigenvalue weighted by Gasteiger charge is -2.16. The van der Waals surface area contributed by atoms with Gasteiger partial charge in [-0.2, -0.15) is 0 Å². The van der Waals surface area contributed by atoms with E-state index >= 15 is 0 Å². The van der Waals surface area contributed by atoms with Gasteiger partial charge < -0.3 is 15.4 Å². The lowest BCUT2D eigenvalue weighted by Crippen LogP contribution is -2.26. The molecule has 0 fully saturated rings. The minimum Gasteiger partial charge on any atom is -0.492 e. The maximum atomic E-state index is 5.78. The van der Waals surface area contributed by atoms with Gasteiger partial charge in [0.25, 0.3) is 0 Å². The average molecular weight is 304 g/mol. The maximum absolute atomic E-state index is 5.78. The Kier molecular flexibility index (Phi) is 6.73. The summed E-state index contributed by atoms with van der Waals surface area (Å²) in [5.74, 6) is 0.933. The van der Waals surface area contributed by atoms with Crippen molar-refractivity contribution in [1.29, 1.82) is 0 Å². The molecular formula is C17H24N2OS. The fraction of sp³-hybridized carbons (Fsp3) is 0.412.